The van der Waals surface area contributed by atoms with Crippen LogP contribution in [-0.4, -0.2) is 27.0 Å². The molecule has 3 rings (SSSR count). The first kappa shape index (κ1) is 17.5. The van der Waals surface area contributed by atoms with Gasteiger partial charge in [-0.1, -0.05) is 18.2 Å². The summed E-state index contributed by atoms with van der Waals surface area (Å²) >= 11 is 0. The first-order chi connectivity index (χ1) is 12.5. The highest BCUT2D eigenvalue weighted by Crippen LogP contribution is 2.20. The van der Waals surface area contributed by atoms with Crippen LogP contribution in [0.5, 0.6) is 5.75 Å². The van der Waals surface area contributed by atoms with Gasteiger partial charge in [-0.05, 0) is 42.0 Å². The molecule has 0 spiro atoms. The molecule has 0 aliphatic heterocycles. The minimum Gasteiger partial charge on any atom is -0.497 e. The smallest absolute Gasteiger partial charge is 0.347 e. The fourth-order valence-electron chi connectivity index (χ4n) is 2.54. The SMILES string of the molecule is COc1ccc2cc(C(=O)/C=C/c3ccc(N(C)C)cc3)c(=O)oc2c1. The van der Waals surface area contributed by atoms with Crippen LogP contribution < -0.4 is 15.3 Å². The summed E-state index contributed by atoms with van der Waals surface area (Å²) in [5, 5.41) is 0.664. The molecular weight excluding hydrogens is 330 g/mol. The Balaban J connectivity index is 1.87. The number of nitrogens with zero attached hydrogens (tertiary/aromatic N) is 1. The molecule has 0 fully saturated rings. The van der Waals surface area contributed by atoms with Crippen LogP contribution in [0, 0.1) is 0 Å². The van der Waals surface area contributed by atoms with Gasteiger partial charge in [0.25, 0.3) is 0 Å². The summed E-state index contributed by atoms with van der Waals surface area (Å²) in [4.78, 5) is 26.5. The minimum absolute atomic E-state index is 0.00354. The average molecular weight is 349 g/mol. The Bertz CT molecular complexity index is 1030. The predicted molar refractivity (Wildman–Crippen MR) is 103 cm³/mol. The number of hydrogen-bond donors (Lipinski definition) is 0. The van der Waals surface area contributed by atoms with Gasteiger partial charge in [0, 0.05) is 31.2 Å². The zero-order valence-electron chi connectivity index (χ0n) is 14.9. The average Bonchev–Trinajstić information content (AvgIpc) is 2.65. The summed E-state index contributed by atoms with van der Waals surface area (Å²) in [5.74, 6) is 0.189. The van der Waals surface area contributed by atoms with Crippen LogP contribution in [0.1, 0.15) is 15.9 Å². The number of rotatable bonds is 5. The number of carbonyl (C=O) groups excluding carboxylic acids is 1. The predicted octanol–water partition coefficient (Wildman–Crippen LogP) is 3.76. The van der Waals surface area contributed by atoms with Gasteiger partial charge in [-0.3, -0.25) is 4.79 Å². The zero-order chi connectivity index (χ0) is 18.7. The molecule has 0 amide bonds. The van der Waals surface area contributed by atoms with Crippen LogP contribution in [0.15, 0.2) is 63.8 Å². The van der Waals surface area contributed by atoms with Gasteiger partial charge < -0.3 is 14.1 Å². The third-order valence-corrected chi connectivity index (χ3v) is 4.05. The van der Waals surface area contributed by atoms with Crippen molar-refractivity contribution < 1.29 is 13.9 Å². The molecule has 5 nitrogen and oxygen atoms in total. The Morgan fingerprint density at radius 1 is 1.08 bits per heavy atom. The summed E-state index contributed by atoms with van der Waals surface area (Å²) in [6.45, 7) is 0. The number of ether oxygens (including phenoxy) is 1. The van der Waals surface area contributed by atoms with E-state index in [4.69, 9.17) is 9.15 Å². The summed E-state index contributed by atoms with van der Waals surface area (Å²) in [6, 6.07) is 14.4. The highest BCUT2D eigenvalue weighted by molar-refractivity contribution is 6.07. The molecule has 0 bridgehead atoms. The van der Waals surface area contributed by atoms with Crippen molar-refractivity contribution in [2.75, 3.05) is 26.1 Å². The number of allylic oxidation sites excluding steroid dienone is 1. The molecule has 26 heavy (non-hydrogen) atoms. The molecule has 0 aliphatic carbocycles. The first-order valence-corrected chi connectivity index (χ1v) is 8.09. The van der Waals surface area contributed by atoms with E-state index in [-0.39, 0.29) is 5.56 Å². The summed E-state index contributed by atoms with van der Waals surface area (Å²) in [5.41, 5.74) is 1.67. The Morgan fingerprint density at radius 2 is 1.81 bits per heavy atom. The lowest BCUT2D eigenvalue weighted by Crippen LogP contribution is -2.12. The topological polar surface area (TPSA) is 59.8 Å². The molecule has 5 heteroatoms. The molecular formula is C21H19NO4. The van der Waals surface area contributed by atoms with Crippen LogP contribution >= 0.6 is 0 Å². The van der Waals surface area contributed by atoms with Gasteiger partial charge in [0.05, 0.1) is 7.11 Å². The van der Waals surface area contributed by atoms with Crippen LogP contribution in [0.25, 0.3) is 17.0 Å². The van der Waals surface area contributed by atoms with Gasteiger partial charge in [0.15, 0.2) is 5.78 Å². The molecule has 0 saturated carbocycles. The Kier molecular flexibility index (Phi) is 4.89. The molecule has 3 aromatic rings. The summed E-state index contributed by atoms with van der Waals surface area (Å²) < 4.78 is 10.4. The van der Waals surface area contributed by atoms with Crippen molar-refractivity contribution in [3.05, 3.63) is 76.2 Å². The van der Waals surface area contributed by atoms with E-state index >= 15 is 0 Å². The highest BCUT2D eigenvalue weighted by Gasteiger charge is 2.11. The largest absolute Gasteiger partial charge is 0.497 e. The van der Waals surface area contributed by atoms with E-state index in [0.717, 1.165) is 11.3 Å². The van der Waals surface area contributed by atoms with E-state index in [9.17, 15) is 9.59 Å². The van der Waals surface area contributed by atoms with Gasteiger partial charge in [0.1, 0.15) is 16.9 Å². The van der Waals surface area contributed by atoms with Crippen molar-refractivity contribution in [2.24, 2.45) is 0 Å². The van der Waals surface area contributed by atoms with E-state index in [1.54, 1.807) is 30.3 Å². The van der Waals surface area contributed by atoms with Crippen molar-refractivity contribution in [2.45, 2.75) is 0 Å². The lowest BCUT2D eigenvalue weighted by atomic mass is 10.1. The normalized spacial score (nSPS) is 11.0. The lowest BCUT2D eigenvalue weighted by molar-refractivity contribution is 0.104. The van der Waals surface area contributed by atoms with Gasteiger partial charge in [0.2, 0.25) is 0 Å². The molecule has 0 radical (unpaired) electrons. The van der Waals surface area contributed by atoms with E-state index in [1.807, 2.05) is 43.3 Å². The lowest BCUT2D eigenvalue weighted by Gasteiger charge is -2.11. The molecule has 0 unspecified atom stereocenters. The van der Waals surface area contributed by atoms with Gasteiger partial charge in [-0.25, -0.2) is 4.79 Å². The van der Waals surface area contributed by atoms with E-state index < -0.39 is 11.4 Å². The molecule has 0 N–H and O–H groups in total. The second-order valence-corrected chi connectivity index (χ2v) is 6.03. The maximum absolute atomic E-state index is 12.4. The van der Waals surface area contributed by atoms with Crippen molar-refractivity contribution in [3.8, 4) is 5.75 Å². The number of ketones is 1. The van der Waals surface area contributed by atoms with E-state index in [1.165, 1.54) is 13.2 Å². The third kappa shape index (κ3) is 3.67. The van der Waals surface area contributed by atoms with Crippen molar-refractivity contribution in [1.29, 1.82) is 0 Å². The van der Waals surface area contributed by atoms with Crippen LogP contribution in [0.4, 0.5) is 5.69 Å². The number of methoxy groups -OCH3 is 1. The van der Waals surface area contributed by atoms with Crippen molar-refractivity contribution in [3.63, 3.8) is 0 Å². The van der Waals surface area contributed by atoms with E-state index in [2.05, 4.69) is 0 Å². The molecule has 1 aromatic heterocycles. The van der Waals surface area contributed by atoms with Crippen LogP contribution in [0.2, 0.25) is 0 Å². The summed E-state index contributed by atoms with van der Waals surface area (Å²) in [7, 11) is 5.46. The molecule has 0 aliphatic rings. The zero-order valence-corrected chi connectivity index (χ0v) is 14.9. The second-order valence-electron chi connectivity index (χ2n) is 6.03. The maximum atomic E-state index is 12.4. The fraction of sp³-hybridized carbons (Fsp3) is 0.143. The highest BCUT2D eigenvalue weighted by atomic mass is 16.5. The Hall–Kier alpha value is -3.34. The Morgan fingerprint density at radius 3 is 2.46 bits per heavy atom. The standard InChI is InChI=1S/C21H19NO4/c1-22(2)16-8-4-14(5-9-16)6-11-19(23)18-12-15-7-10-17(25-3)13-20(15)26-21(18)24/h4-13H,1-3H3/b11-6+. The fourth-order valence-corrected chi connectivity index (χ4v) is 2.54. The molecule has 0 atom stereocenters. The number of hydrogen-bond acceptors (Lipinski definition) is 5. The number of fused-ring (bicyclic) bond motifs is 1. The molecule has 0 saturated heterocycles. The van der Waals surface area contributed by atoms with Gasteiger partial charge in [-0.2, -0.15) is 0 Å². The summed E-state index contributed by atoms with van der Waals surface area (Å²) in [6.07, 6.45) is 3.06. The number of anilines is 1. The van der Waals surface area contributed by atoms with Crippen LogP contribution in [0.3, 0.4) is 0 Å². The third-order valence-electron chi connectivity index (χ3n) is 4.05. The monoisotopic (exact) mass is 349 g/mol. The molecule has 132 valence electrons. The van der Waals surface area contributed by atoms with Crippen LogP contribution in [-0.2, 0) is 0 Å². The number of benzene rings is 2. The first-order valence-electron chi connectivity index (χ1n) is 8.09. The Labute approximate surface area is 151 Å². The molecule has 2 aromatic carbocycles. The number of carbonyl (C=O) groups is 1. The minimum atomic E-state index is -0.664. The van der Waals surface area contributed by atoms with Gasteiger partial charge >= 0.3 is 5.63 Å². The second kappa shape index (κ2) is 7.27. The maximum Gasteiger partial charge on any atom is 0.347 e. The quantitative estimate of drug-likeness (QED) is 0.399. The van der Waals surface area contributed by atoms with E-state index in [0.29, 0.717) is 16.7 Å². The van der Waals surface area contributed by atoms with Crippen molar-refractivity contribution >= 4 is 28.5 Å². The molecule has 1 heterocycles. The van der Waals surface area contributed by atoms with Gasteiger partial charge in [-0.15, -0.1) is 0 Å². The van der Waals surface area contributed by atoms with Crippen molar-refractivity contribution in [1.82, 2.24) is 0 Å².